The number of nitrogens with one attached hydrogen (secondary N) is 1. The van der Waals surface area contributed by atoms with Gasteiger partial charge in [0.2, 0.25) is 10.0 Å². The predicted molar refractivity (Wildman–Crippen MR) is 75.6 cm³/mol. The van der Waals surface area contributed by atoms with Crippen molar-refractivity contribution in [3.05, 3.63) is 28.5 Å². The first-order valence-corrected chi connectivity index (χ1v) is 7.83. The summed E-state index contributed by atoms with van der Waals surface area (Å²) in [6, 6.07) is 2.71. The Balaban J connectivity index is 3.37. The molecule has 0 aliphatic carbocycles. The van der Waals surface area contributed by atoms with Gasteiger partial charge in [-0.3, -0.25) is 0 Å². The van der Waals surface area contributed by atoms with Crippen molar-refractivity contribution in [2.75, 3.05) is 0 Å². The van der Waals surface area contributed by atoms with E-state index in [1.165, 1.54) is 12.1 Å². The largest absolute Gasteiger partial charge is 0.245 e. The van der Waals surface area contributed by atoms with Crippen molar-refractivity contribution >= 4 is 21.6 Å². The first kappa shape index (κ1) is 16.4. The summed E-state index contributed by atoms with van der Waals surface area (Å²) < 4.78 is 40.7. The zero-order chi connectivity index (χ0) is 15.0. The first-order valence-electron chi connectivity index (χ1n) is 5.97. The minimum atomic E-state index is -3.98. The predicted octanol–water partition coefficient (Wildman–Crippen LogP) is 3.68. The van der Waals surface area contributed by atoms with Crippen LogP contribution in [0.15, 0.2) is 17.0 Å². The summed E-state index contributed by atoms with van der Waals surface area (Å²) in [7, 11) is -3.98. The van der Waals surface area contributed by atoms with Crippen molar-refractivity contribution in [1.82, 2.24) is 4.72 Å². The van der Waals surface area contributed by atoms with Gasteiger partial charge in [0.15, 0.2) is 0 Å². The van der Waals surface area contributed by atoms with E-state index >= 15 is 0 Å². The van der Waals surface area contributed by atoms with Crippen LogP contribution >= 0.6 is 11.6 Å². The van der Waals surface area contributed by atoms with Gasteiger partial charge in [0.1, 0.15) is 10.7 Å². The zero-order valence-corrected chi connectivity index (χ0v) is 13.3. The van der Waals surface area contributed by atoms with E-state index in [4.69, 9.17) is 11.6 Å². The van der Waals surface area contributed by atoms with Gasteiger partial charge in [0.25, 0.3) is 0 Å². The molecular weight excluding hydrogens is 289 g/mol. The molecule has 0 atom stereocenters. The van der Waals surface area contributed by atoms with E-state index in [1.807, 2.05) is 13.8 Å². The summed E-state index contributed by atoms with van der Waals surface area (Å²) in [6.07, 6.45) is 0. The van der Waals surface area contributed by atoms with Crippen LogP contribution in [0.3, 0.4) is 0 Å². The highest BCUT2D eigenvalue weighted by molar-refractivity contribution is 7.89. The maximum Gasteiger partial charge on any atom is 0.245 e. The Kier molecular flexibility index (Phi) is 4.65. The summed E-state index contributed by atoms with van der Waals surface area (Å²) in [6.45, 7) is 8.80. The van der Waals surface area contributed by atoms with Crippen LogP contribution in [0.2, 0.25) is 5.02 Å². The quantitative estimate of drug-likeness (QED) is 0.926. The lowest BCUT2D eigenvalue weighted by atomic mass is 10.0. The Bertz CT molecular complexity index is 554. The lowest BCUT2D eigenvalue weighted by Crippen LogP contribution is -2.40. The molecule has 1 aromatic carbocycles. The molecule has 0 saturated heterocycles. The molecule has 1 rings (SSSR count). The Labute approximate surface area is 119 Å². The molecule has 0 bridgehead atoms. The maximum absolute atomic E-state index is 14.0. The molecule has 108 valence electrons. The van der Waals surface area contributed by atoms with Crippen LogP contribution in [-0.4, -0.2) is 14.0 Å². The average molecular weight is 308 g/mol. The number of halogens is 2. The van der Waals surface area contributed by atoms with Crippen LogP contribution in [0.5, 0.6) is 0 Å². The van der Waals surface area contributed by atoms with E-state index in [0.29, 0.717) is 5.56 Å². The molecule has 1 N–H and O–H groups in total. The molecule has 3 nitrogen and oxygen atoms in total. The monoisotopic (exact) mass is 307 g/mol. The molecule has 0 amide bonds. The first-order chi connectivity index (χ1) is 8.44. The van der Waals surface area contributed by atoms with Crippen molar-refractivity contribution in [3.63, 3.8) is 0 Å². The zero-order valence-electron chi connectivity index (χ0n) is 11.7. The van der Waals surface area contributed by atoms with E-state index in [1.54, 1.807) is 20.8 Å². The second kappa shape index (κ2) is 5.38. The van der Waals surface area contributed by atoms with Crippen molar-refractivity contribution in [2.45, 2.75) is 51.0 Å². The minimum absolute atomic E-state index is 0.0688. The molecule has 0 spiro atoms. The Morgan fingerprint density at radius 1 is 1.26 bits per heavy atom. The summed E-state index contributed by atoms with van der Waals surface area (Å²) in [5.41, 5.74) is -0.0390. The van der Waals surface area contributed by atoms with Gasteiger partial charge >= 0.3 is 0 Å². The maximum atomic E-state index is 14.0. The topological polar surface area (TPSA) is 46.2 Å². The lowest BCUT2D eigenvalue weighted by Gasteiger charge is -2.21. The number of rotatable bonds is 3. The summed E-state index contributed by atoms with van der Waals surface area (Å²) in [4.78, 5) is -0.492. The van der Waals surface area contributed by atoms with E-state index in [-0.39, 0.29) is 10.9 Å². The van der Waals surface area contributed by atoms with E-state index in [2.05, 4.69) is 4.72 Å². The van der Waals surface area contributed by atoms with Gasteiger partial charge in [-0.15, -0.1) is 0 Å². The van der Waals surface area contributed by atoms with E-state index in [0.717, 1.165) is 0 Å². The van der Waals surface area contributed by atoms with Crippen LogP contribution in [0.25, 0.3) is 0 Å². The molecule has 0 radical (unpaired) electrons. The van der Waals surface area contributed by atoms with Gasteiger partial charge in [0, 0.05) is 5.54 Å². The second-order valence-electron chi connectivity index (χ2n) is 5.82. The van der Waals surface area contributed by atoms with Crippen LogP contribution in [0.1, 0.15) is 46.1 Å². The van der Waals surface area contributed by atoms with Crippen LogP contribution < -0.4 is 4.72 Å². The average Bonchev–Trinajstić information content (AvgIpc) is 2.10. The lowest BCUT2D eigenvalue weighted by molar-refractivity contribution is 0.486. The van der Waals surface area contributed by atoms with Gasteiger partial charge in [0.05, 0.1) is 5.02 Å². The number of hydrogen-bond acceptors (Lipinski definition) is 2. The Morgan fingerprint density at radius 2 is 1.79 bits per heavy atom. The smallest absolute Gasteiger partial charge is 0.207 e. The fourth-order valence-corrected chi connectivity index (χ4v) is 3.68. The third-order valence-electron chi connectivity index (χ3n) is 2.40. The molecule has 6 heteroatoms. The molecule has 0 saturated carbocycles. The molecule has 0 fully saturated rings. The number of hydrogen-bond donors (Lipinski definition) is 1. The Hall–Kier alpha value is -0.650. The fraction of sp³-hybridized carbons (Fsp3) is 0.538. The van der Waals surface area contributed by atoms with Crippen molar-refractivity contribution < 1.29 is 12.8 Å². The number of sulfonamides is 1. The van der Waals surface area contributed by atoms with Gasteiger partial charge < -0.3 is 0 Å². The third kappa shape index (κ3) is 4.16. The van der Waals surface area contributed by atoms with E-state index < -0.39 is 26.3 Å². The van der Waals surface area contributed by atoms with Gasteiger partial charge in [-0.1, -0.05) is 25.4 Å². The number of benzene rings is 1. The summed E-state index contributed by atoms with van der Waals surface area (Å²) in [5.74, 6) is -0.757. The molecule has 19 heavy (non-hydrogen) atoms. The molecule has 1 aromatic rings. The standard InChI is InChI=1S/C13H19ClFNO2S/c1-8(2)9-6-10(14)12(11(15)7-9)19(17,18)16-13(3,4)5/h6-8,16H,1-5H3. The van der Waals surface area contributed by atoms with E-state index in [9.17, 15) is 12.8 Å². The van der Waals surface area contributed by atoms with Crippen molar-refractivity contribution in [1.29, 1.82) is 0 Å². The fourth-order valence-electron chi connectivity index (χ4n) is 1.62. The second-order valence-corrected chi connectivity index (χ2v) is 7.85. The Morgan fingerprint density at radius 3 is 2.16 bits per heavy atom. The molecule has 0 unspecified atom stereocenters. The van der Waals surface area contributed by atoms with Gasteiger partial charge in [-0.25, -0.2) is 17.5 Å². The summed E-state index contributed by atoms with van der Waals surface area (Å²) in [5, 5.41) is -0.0968. The highest BCUT2D eigenvalue weighted by Crippen LogP contribution is 2.29. The molecule has 0 aromatic heterocycles. The molecule has 0 aliphatic heterocycles. The molecule has 0 aliphatic rings. The van der Waals surface area contributed by atoms with Crippen molar-refractivity contribution in [2.24, 2.45) is 0 Å². The molecule has 0 heterocycles. The normalized spacial score (nSPS) is 13.1. The van der Waals surface area contributed by atoms with Crippen LogP contribution in [0.4, 0.5) is 4.39 Å². The SMILES string of the molecule is CC(C)c1cc(F)c(S(=O)(=O)NC(C)(C)C)c(Cl)c1. The van der Waals surface area contributed by atoms with Gasteiger partial charge in [-0.05, 0) is 44.4 Å². The third-order valence-corrected chi connectivity index (χ3v) is 4.64. The summed E-state index contributed by atoms with van der Waals surface area (Å²) >= 11 is 5.93. The minimum Gasteiger partial charge on any atom is -0.207 e. The molecular formula is C13H19ClFNO2S. The van der Waals surface area contributed by atoms with Gasteiger partial charge in [-0.2, -0.15) is 0 Å². The van der Waals surface area contributed by atoms with Crippen molar-refractivity contribution in [3.8, 4) is 0 Å². The highest BCUT2D eigenvalue weighted by Gasteiger charge is 2.28. The van der Waals surface area contributed by atoms with Crippen LogP contribution in [-0.2, 0) is 10.0 Å². The highest BCUT2D eigenvalue weighted by atomic mass is 35.5. The van der Waals surface area contributed by atoms with Crippen LogP contribution in [0, 0.1) is 5.82 Å².